The molecule has 1 saturated carbocycles. The molecule has 154 valence electrons. The quantitative estimate of drug-likeness (QED) is 0.636. The van der Waals surface area contributed by atoms with Gasteiger partial charge in [-0.2, -0.15) is 0 Å². The van der Waals surface area contributed by atoms with Crippen LogP contribution in [0.1, 0.15) is 55.5 Å². The maximum absolute atomic E-state index is 12.7. The first-order valence-corrected chi connectivity index (χ1v) is 11.9. The van der Waals surface area contributed by atoms with Gasteiger partial charge in [0.15, 0.2) is 5.78 Å². The van der Waals surface area contributed by atoms with Crippen LogP contribution in [0.15, 0.2) is 42.5 Å². The Balaban J connectivity index is 1.33. The average Bonchev–Trinajstić information content (AvgIpc) is 2.99. The number of sulfonamides is 1. The molecule has 2 N–H and O–H groups in total. The van der Waals surface area contributed by atoms with Crippen LogP contribution in [0.2, 0.25) is 0 Å². The lowest BCUT2D eigenvalue weighted by Gasteiger charge is -2.29. The number of carbonyl (C=O) groups excluding carboxylic acids is 1. The number of rotatable bonds is 6. The van der Waals surface area contributed by atoms with Gasteiger partial charge < -0.3 is 5.32 Å². The molecule has 0 radical (unpaired) electrons. The molecule has 2 aromatic rings. The Hall–Kier alpha value is -2.18. The topological polar surface area (TPSA) is 75.3 Å². The summed E-state index contributed by atoms with van der Waals surface area (Å²) < 4.78 is 26.9. The number of ketones is 1. The SMILES string of the molecule is CC(C)S(=O)(=O)NC1CCC(CNc2ccc3c(c2)C(=O)c2ccccc2-3)CC1. The second-order valence-electron chi connectivity index (χ2n) is 8.45. The molecule has 0 heterocycles. The Kier molecular flexibility index (Phi) is 5.49. The highest BCUT2D eigenvalue weighted by molar-refractivity contribution is 7.90. The minimum Gasteiger partial charge on any atom is -0.385 e. The molecule has 2 aliphatic rings. The summed E-state index contributed by atoms with van der Waals surface area (Å²) in [5.41, 5.74) is 4.53. The van der Waals surface area contributed by atoms with Gasteiger partial charge in [-0.1, -0.05) is 30.3 Å². The number of nitrogens with one attached hydrogen (secondary N) is 2. The van der Waals surface area contributed by atoms with Gasteiger partial charge in [0.05, 0.1) is 5.25 Å². The van der Waals surface area contributed by atoms with E-state index >= 15 is 0 Å². The van der Waals surface area contributed by atoms with Crippen molar-refractivity contribution in [1.82, 2.24) is 4.72 Å². The fraction of sp³-hybridized carbons (Fsp3) is 0.435. The predicted molar refractivity (Wildman–Crippen MR) is 117 cm³/mol. The first kappa shape index (κ1) is 20.1. The van der Waals surface area contributed by atoms with E-state index in [4.69, 9.17) is 0 Å². The van der Waals surface area contributed by atoms with Gasteiger partial charge in [0.25, 0.3) is 0 Å². The molecule has 1 fully saturated rings. The van der Waals surface area contributed by atoms with Gasteiger partial charge in [0, 0.05) is 29.4 Å². The summed E-state index contributed by atoms with van der Waals surface area (Å²) in [5, 5.41) is 3.09. The highest BCUT2D eigenvalue weighted by Crippen LogP contribution is 2.37. The maximum atomic E-state index is 12.7. The number of fused-ring (bicyclic) bond motifs is 3. The summed E-state index contributed by atoms with van der Waals surface area (Å²) in [5.74, 6) is 0.605. The van der Waals surface area contributed by atoms with Crippen molar-refractivity contribution in [2.75, 3.05) is 11.9 Å². The largest absolute Gasteiger partial charge is 0.385 e. The van der Waals surface area contributed by atoms with Crippen LogP contribution in [0.5, 0.6) is 0 Å². The van der Waals surface area contributed by atoms with E-state index in [9.17, 15) is 13.2 Å². The van der Waals surface area contributed by atoms with E-state index in [0.717, 1.165) is 60.2 Å². The van der Waals surface area contributed by atoms with Crippen LogP contribution in [0.3, 0.4) is 0 Å². The molecule has 0 aliphatic heterocycles. The predicted octanol–water partition coefficient (Wildman–Crippen LogP) is 4.20. The lowest BCUT2D eigenvalue weighted by atomic mass is 9.86. The number of benzene rings is 2. The van der Waals surface area contributed by atoms with E-state index in [1.165, 1.54) is 0 Å². The van der Waals surface area contributed by atoms with Gasteiger partial charge in [0.2, 0.25) is 10.0 Å². The third kappa shape index (κ3) is 4.09. The van der Waals surface area contributed by atoms with Crippen molar-refractivity contribution in [2.45, 2.75) is 50.8 Å². The van der Waals surface area contributed by atoms with Crippen LogP contribution in [-0.2, 0) is 10.0 Å². The molecule has 0 amide bonds. The van der Waals surface area contributed by atoms with Crippen molar-refractivity contribution >= 4 is 21.5 Å². The zero-order valence-corrected chi connectivity index (χ0v) is 17.8. The van der Waals surface area contributed by atoms with Gasteiger partial charge in [-0.25, -0.2) is 13.1 Å². The van der Waals surface area contributed by atoms with E-state index in [1.807, 2.05) is 42.5 Å². The monoisotopic (exact) mass is 412 g/mol. The molecule has 2 aromatic carbocycles. The van der Waals surface area contributed by atoms with Crippen molar-refractivity contribution < 1.29 is 13.2 Å². The maximum Gasteiger partial charge on any atom is 0.214 e. The van der Waals surface area contributed by atoms with Gasteiger partial charge >= 0.3 is 0 Å². The normalized spacial score (nSPS) is 21.1. The molecule has 0 bridgehead atoms. The minimum absolute atomic E-state index is 0.0507. The Bertz CT molecular complexity index is 1020. The summed E-state index contributed by atoms with van der Waals surface area (Å²) in [6, 6.07) is 13.8. The molecular formula is C23H28N2O3S. The molecular weight excluding hydrogens is 384 g/mol. The summed E-state index contributed by atoms with van der Waals surface area (Å²) in [6.45, 7) is 4.25. The fourth-order valence-electron chi connectivity index (χ4n) is 4.25. The fourth-order valence-corrected chi connectivity index (χ4v) is 5.23. The van der Waals surface area contributed by atoms with Crippen LogP contribution in [0.4, 0.5) is 5.69 Å². The van der Waals surface area contributed by atoms with E-state index in [2.05, 4.69) is 10.0 Å². The molecule has 6 heteroatoms. The minimum atomic E-state index is -3.20. The number of hydrogen-bond donors (Lipinski definition) is 2. The molecule has 0 aromatic heterocycles. The first-order chi connectivity index (χ1) is 13.8. The van der Waals surface area contributed by atoms with E-state index < -0.39 is 15.3 Å². The first-order valence-electron chi connectivity index (χ1n) is 10.4. The number of anilines is 1. The van der Waals surface area contributed by atoms with Gasteiger partial charge in [-0.15, -0.1) is 0 Å². The van der Waals surface area contributed by atoms with Crippen LogP contribution in [0.25, 0.3) is 11.1 Å². The third-order valence-electron chi connectivity index (χ3n) is 6.12. The van der Waals surface area contributed by atoms with E-state index in [1.54, 1.807) is 13.8 Å². The number of carbonyl (C=O) groups is 1. The van der Waals surface area contributed by atoms with Gasteiger partial charge in [-0.05, 0) is 68.7 Å². The van der Waals surface area contributed by atoms with Crippen LogP contribution in [0, 0.1) is 5.92 Å². The molecule has 2 aliphatic carbocycles. The third-order valence-corrected chi connectivity index (χ3v) is 8.02. The van der Waals surface area contributed by atoms with Crippen molar-refractivity contribution in [3.8, 4) is 11.1 Å². The van der Waals surface area contributed by atoms with Crippen molar-refractivity contribution in [3.63, 3.8) is 0 Å². The van der Waals surface area contributed by atoms with Crippen LogP contribution in [-0.4, -0.2) is 32.0 Å². The lowest BCUT2D eigenvalue weighted by molar-refractivity contribution is 0.104. The molecule has 0 spiro atoms. The van der Waals surface area contributed by atoms with Crippen LogP contribution < -0.4 is 10.0 Å². The highest BCUT2D eigenvalue weighted by atomic mass is 32.2. The number of hydrogen-bond acceptors (Lipinski definition) is 4. The van der Waals surface area contributed by atoms with Crippen molar-refractivity contribution in [2.24, 2.45) is 5.92 Å². The van der Waals surface area contributed by atoms with Crippen molar-refractivity contribution in [1.29, 1.82) is 0 Å². The standard InChI is InChI=1S/C23H28N2O3S/c1-15(2)29(27,28)25-17-9-7-16(8-10-17)14-24-18-11-12-20-19-5-3-4-6-21(19)23(26)22(20)13-18/h3-6,11-13,15-17,24-25H,7-10,14H2,1-2H3. The zero-order chi connectivity index (χ0) is 20.6. The van der Waals surface area contributed by atoms with E-state index in [-0.39, 0.29) is 11.8 Å². The summed E-state index contributed by atoms with van der Waals surface area (Å²) >= 11 is 0. The van der Waals surface area contributed by atoms with Crippen LogP contribution >= 0.6 is 0 Å². The second kappa shape index (κ2) is 7.92. The Morgan fingerprint density at radius 2 is 1.59 bits per heavy atom. The Labute approximate surface area is 173 Å². The Morgan fingerprint density at radius 3 is 2.28 bits per heavy atom. The summed E-state index contributed by atoms with van der Waals surface area (Å²) in [4.78, 5) is 12.7. The second-order valence-corrected chi connectivity index (χ2v) is 10.7. The van der Waals surface area contributed by atoms with Gasteiger partial charge in [0.1, 0.15) is 0 Å². The summed E-state index contributed by atoms with van der Waals surface area (Å²) in [7, 11) is -3.20. The summed E-state index contributed by atoms with van der Waals surface area (Å²) in [6.07, 6.45) is 3.73. The molecule has 0 saturated heterocycles. The molecule has 4 rings (SSSR count). The van der Waals surface area contributed by atoms with Gasteiger partial charge in [-0.3, -0.25) is 4.79 Å². The Morgan fingerprint density at radius 1 is 0.931 bits per heavy atom. The lowest BCUT2D eigenvalue weighted by Crippen LogP contribution is -2.41. The van der Waals surface area contributed by atoms with E-state index in [0.29, 0.717) is 5.92 Å². The smallest absolute Gasteiger partial charge is 0.214 e. The average molecular weight is 413 g/mol. The molecule has 29 heavy (non-hydrogen) atoms. The zero-order valence-electron chi connectivity index (χ0n) is 16.9. The molecule has 0 unspecified atom stereocenters. The van der Waals surface area contributed by atoms with Crippen molar-refractivity contribution in [3.05, 3.63) is 53.6 Å². The highest BCUT2D eigenvalue weighted by Gasteiger charge is 2.28. The molecule has 5 nitrogen and oxygen atoms in total. The molecule has 0 atom stereocenters.